The van der Waals surface area contributed by atoms with E-state index >= 15 is 0 Å². The highest BCUT2D eigenvalue weighted by Crippen LogP contribution is 2.33. The highest BCUT2D eigenvalue weighted by atomic mass is 19.4. The lowest BCUT2D eigenvalue weighted by Gasteiger charge is -2.31. The van der Waals surface area contributed by atoms with Gasteiger partial charge in [-0.05, 0) is 57.4 Å². The van der Waals surface area contributed by atoms with E-state index in [2.05, 4.69) is 11.8 Å². The molecule has 3 unspecified atom stereocenters. The number of alkyl halides is 3. The molecular formula is C23H28F4N2O3. The van der Waals surface area contributed by atoms with Crippen molar-refractivity contribution in [1.82, 2.24) is 9.80 Å². The maximum absolute atomic E-state index is 14.7. The zero-order valence-electron chi connectivity index (χ0n) is 18.0. The molecular weight excluding hydrogens is 428 g/mol. The molecule has 2 saturated heterocycles. The minimum Gasteiger partial charge on any atom is -0.490 e. The number of likely N-dealkylation sites (tertiary alicyclic amines) is 2. The molecule has 0 aromatic heterocycles. The van der Waals surface area contributed by atoms with Gasteiger partial charge in [-0.3, -0.25) is 9.69 Å². The predicted octanol–water partition coefficient (Wildman–Crippen LogP) is 4.53. The largest absolute Gasteiger partial charge is 0.490 e. The van der Waals surface area contributed by atoms with Crippen molar-refractivity contribution in [2.75, 3.05) is 26.2 Å². The van der Waals surface area contributed by atoms with Crippen LogP contribution >= 0.6 is 0 Å². The molecule has 0 spiro atoms. The van der Waals surface area contributed by atoms with Crippen molar-refractivity contribution in [2.24, 2.45) is 0 Å². The minimum atomic E-state index is -4.52. The Morgan fingerprint density at radius 1 is 1.22 bits per heavy atom. The SMILES string of the molecule is CC1CCCN1CC1CCCN1C(=O)c1ccc(OCC2CC=C(C(F)(F)F)O2)cc1F. The third kappa shape index (κ3) is 5.03. The second-order valence-electron chi connectivity index (χ2n) is 8.78. The first-order valence-corrected chi connectivity index (χ1v) is 11.1. The summed E-state index contributed by atoms with van der Waals surface area (Å²) in [4.78, 5) is 17.2. The van der Waals surface area contributed by atoms with Gasteiger partial charge in [0, 0.05) is 37.7 Å². The Kier molecular flexibility index (Phi) is 6.65. The molecule has 1 aromatic carbocycles. The molecule has 9 heteroatoms. The van der Waals surface area contributed by atoms with Gasteiger partial charge in [-0.25, -0.2) is 4.39 Å². The lowest BCUT2D eigenvalue weighted by Crippen LogP contribution is -2.44. The predicted molar refractivity (Wildman–Crippen MR) is 110 cm³/mol. The van der Waals surface area contributed by atoms with Crippen LogP contribution in [0, 0.1) is 5.82 Å². The van der Waals surface area contributed by atoms with Crippen LogP contribution in [0.25, 0.3) is 0 Å². The molecule has 3 aliphatic rings. The Hall–Kier alpha value is -2.29. The Labute approximate surface area is 184 Å². The quantitative estimate of drug-likeness (QED) is 0.590. The van der Waals surface area contributed by atoms with Gasteiger partial charge in [-0.1, -0.05) is 0 Å². The van der Waals surface area contributed by atoms with Gasteiger partial charge in [0.2, 0.25) is 0 Å². The lowest BCUT2D eigenvalue weighted by atomic mass is 10.1. The van der Waals surface area contributed by atoms with Gasteiger partial charge >= 0.3 is 6.18 Å². The van der Waals surface area contributed by atoms with Gasteiger partial charge < -0.3 is 14.4 Å². The van der Waals surface area contributed by atoms with E-state index in [0.717, 1.165) is 50.9 Å². The normalized spacial score (nSPS) is 26.3. The molecule has 32 heavy (non-hydrogen) atoms. The van der Waals surface area contributed by atoms with Gasteiger partial charge in [-0.2, -0.15) is 13.2 Å². The van der Waals surface area contributed by atoms with E-state index in [0.29, 0.717) is 12.6 Å². The number of ether oxygens (including phenoxy) is 2. The van der Waals surface area contributed by atoms with Gasteiger partial charge in [0.25, 0.3) is 5.91 Å². The monoisotopic (exact) mass is 456 g/mol. The molecule has 0 saturated carbocycles. The molecule has 3 aliphatic heterocycles. The molecule has 3 atom stereocenters. The Morgan fingerprint density at radius 2 is 2.00 bits per heavy atom. The van der Waals surface area contributed by atoms with Crippen molar-refractivity contribution in [3.8, 4) is 5.75 Å². The summed E-state index contributed by atoms with van der Waals surface area (Å²) in [6.45, 7) is 4.50. The molecule has 1 amide bonds. The molecule has 0 bridgehead atoms. The Bertz CT molecular complexity index is 873. The van der Waals surface area contributed by atoms with Crippen LogP contribution in [0.2, 0.25) is 0 Å². The van der Waals surface area contributed by atoms with E-state index in [9.17, 15) is 22.4 Å². The molecule has 176 valence electrons. The minimum absolute atomic E-state index is 0.0168. The van der Waals surface area contributed by atoms with Crippen LogP contribution in [0.1, 0.15) is 49.4 Å². The van der Waals surface area contributed by atoms with Crippen molar-refractivity contribution in [1.29, 1.82) is 0 Å². The number of hydrogen-bond donors (Lipinski definition) is 0. The van der Waals surface area contributed by atoms with Crippen molar-refractivity contribution in [3.63, 3.8) is 0 Å². The number of halogens is 4. The van der Waals surface area contributed by atoms with E-state index in [1.807, 2.05) is 0 Å². The van der Waals surface area contributed by atoms with Crippen LogP contribution in [0.5, 0.6) is 5.75 Å². The fraction of sp³-hybridized carbons (Fsp3) is 0.609. The first kappa shape index (κ1) is 22.9. The summed E-state index contributed by atoms with van der Waals surface area (Å²) in [5.41, 5.74) is -0.0168. The van der Waals surface area contributed by atoms with Crippen LogP contribution < -0.4 is 4.74 Å². The smallest absolute Gasteiger partial charge is 0.448 e. The van der Waals surface area contributed by atoms with Gasteiger partial charge in [0.05, 0.1) is 5.56 Å². The highest BCUT2D eigenvalue weighted by molar-refractivity contribution is 5.95. The zero-order chi connectivity index (χ0) is 22.9. The van der Waals surface area contributed by atoms with E-state index in [-0.39, 0.29) is 36.3 Å². The van der Waals surface area contributed by atoms with E-state index < -0.39 is 23.9 Å². The fourth-order valence-corrected chi connectivity index (χ4v) is 4.73. The number of nitrogens with zero attached hydrogens (tertiary/aromatic N) is 2. The summed E-state index contributed by atoms with van der Waals surface area (Å²) < 4.78 is 62.9. The van der Waals surface area contributed by atoms with Crippen LogP contribution in [0.15, 0.2) is 30.0 Å². The van der Waals surface area contributed by atoms with E-state index in [1.165, 1.54) is 12.1 Å². The average Bonchev–Trinajstić information content (AvgIpc) is 3.48. The molecule has 2 fully saturated rings. The third-order valence-electron chi connectivity index (χ3n) is 6.52. The molecule has 4 rings (SSSR count). The summed E-state index contributed by atoms with van der Waals surface area (Å²) in [6.07, 6.45) is -0.124. The fourth-order valence-electron chi connectivity index (χ4n) is 4.73. The number of allylic oxidation sites excluding steroid dienone is 1. The molecule has 3 heterocycles. The summed E-state index contributed by atoms with van der Waals surface area (Å²) >= 11 is 0. The average molecular weight is 456 g/mol. The van der Waals surface area contributed by atoms with Crippen molar-refractivity contribution in [2.45, 2.75) is 63.4 Å². The number of carbonyl (C=O) groups excluding carboxylic acids is 1. The van der Waals surface area contributed by atoms with Crippen molar-refractivity contribution < 1.29 is 31.8 Å². The Morgan fingerprint density at radius 3 is 2.66 bits per heavy atom. The third-order valence-corrected chi connectivity index (χ3v) is 6.52. The second kappa shape index (κ2) is 9.29. The van der Waals surface area contributed by atoms with Crippen LogP contribution in [-0.2, 0) is 4.74 Å². The van der Waals surface area contributed by atoms with Gasteiger partial charge in [0.15, 0.2) is 5.76 Å². The summed E-state index contributed by atoms with van der Waals surface area (Å²) in [7, 11) is 0. The maximum atomic E-state index is 14.7. The number of amides is 1. The molecule has 0 aliphatic carbocycles. The van der Waals surface area contributed by atoms with E-state index in [1.54, 1.807) is 4.90 Å². The van der Waals surface area contributed by atoms with Gasteiger partial charge in [-0.15, -0.1) is 0 Å². The lowest BCUT2D eigenvalue weighted by molar-refractivity contribution is -0.135. The second-order valence-corrected chi connectivity index (χ2v) is 8.78. The number of hydrogen-bond acceptors (Lipinski definition) is 4. The maximum Gasteiger partial charge on any atom is 0.448 e. The summed E-state index contributed by atoms with van der Waals surface area (Å²) in [6, 6.07) is 4.54. The van der Waals surface area contributed by atoms with E-state index in [4.69, 9.17) is 9.47 Å². The molecule has 0 N–H and O–H groups in total. The molecule has 5 nitrogen and oxygen atoms in total. The first-order valence-electron chi connectivity index (χ1n) is 11.1. The van der Waals surface area contributed by atoms with Gasteiger partial charge in [0.1, 0.15) is 24.3 Å². The summed E-state index contributed by atoms with van der Waals surface area (Å²) in [5, 5.41) is 0. The van der Waals surface area contributed by atoms with Crippen molar-refractivity contribution >= 4 is 5.91 Å². The number of carbonyl (C=O) groups is 1. The van der Waals surface area contributed by atoms with Crippen molar-refractivity contribution in [3.05, 3.63) is 41.4 Å². The highest BCUT2D eigenvalue weighted by Gasteiger charge is 2.40. The number of benzene rings is 1. The summed E-state index contributed by atoms with van der Waals surface area (Å²) in [5.74, 6) is -1.91. The topological polar surface area (TPSA) is 42.0 Å². The number of rotatable bonds is 6. The zero-order valence-corrected chi connectivity index (χ0v) is 18.0. The van der Waals surface area contributed by atoms with Crippen LogP contribution in [0.4, 0.5) is 17.6 Å². The molecule has 0 radical (unpaired) electrons. The molecule has 1 aromatic rings. The standard InChI is InChI=1S/C23H28F4N2O3/c1-15-4-2-10-28(15)13-16-5-3-11-29(16)22(30)19-8-6-17(12-20(19)24)31-14-18-7-9-21(32-18)23(25,26)27/h6,8-9,12,15-16,18H,2-5,7,10-11,13-14H2,1H3. The van der Waals surface area contributed by atoms with Crippen LogP contribution in [-0.4, -0.2) is 66.3 Å². The first-order chi connectivity index (χ1) is 15.2. The Balaban J connectivity index is 1.34. The van der Waals surface area contributed by atoms with Crippen LogP contribution in [0.3, 0.4) is 0 Å².